The summed E-state index contributed by atoms with van der Waals surface area (Å²) in [5.74, 6) is 0.527. The van der Waals surface area contributed by atoms with Gasteiger partial charge in [0.1, 0.15) is 17.4 Å². The van der Waals surface area contributed by atoms with Gasteiger partial charge >= 0.3 is 5.97 Å². The van der Waals surface area contributed by atoms with Gasteiger partial charge in [-0.1, -0.05) is 24.3 Å². The van der Waals surface area contributed by atoms with Crippen LogP contribution in [0, 0.1) is 6.92 Å². The second-order valence-electron chi connectivity index (χ2n) is 9.24. The Bertz CT molecular complexity index is 1000. The SMILES string of the molecule is COC(=O)c1ccc(C(C)NC(=O)C2(N3CC[C@@H](Oc4cccc(C)c4)C3)CCOCC2)cc1. The van der Waals surface area contributed by atoms with Crippen molar-refractivity contribution in [1.82, 2.24) is 10.2 Å². The number of hydrogen-bond acceptors (Lipinski definition) is 6. The number of esters is 1. The average Bonchev–Trinajstić information content (AvgIpc) is 3.33. The van der Waals surface area contributed by atoms with Crippen molar-refractivity contribution in [2.24, 2.45) is 0 Å². The third-order valence-corrected chi connectivity index (χ3v) is 6.96. The van der Waals surface area contributed by atoms with Crippen molar-refractivity contribution in [3.63, 3.8) is 0 Å². The van der Waals surface area contributed by atoms with E-state index in [-0.39, 0.29) is 24.0 Å². The summed E-state index contributed by atoms with van der Waals surface area (Å²) in [6.45, 7) is 6.67. The number of hydrogen-bond donors (Lipinski definition) is 1. The van der Waals surface area contributed by atoms with Crippen LogP contribution in [0.4, 0.5) is 0 Å². The largest absolute Gasteiger partial charge is 0.489 e. The molecule has 4 rings (SSSR count). The number of aryl methyl sites for hydroxylation is 1. The molecule has 1 amide bonds. The molecule has 0 bridgehead atoms. The minimum Gasteiger partial charge on any atom is -0.489 e. The normalized spacial score (nSPS) is 21.0. The summed E-state index contributed by atoms with van der Waals surface area (Å²) in [6.07, 6.45) is 2.25. The molecular weight excluding hydrogens is 432 g/mol. The number of carbonyl (C=O) groups excluding carboxylic acids is 2. The molecule has 2 atom stereocenters. The molecule has 2 saturated heterocycles. The zero-order chi connectivity index (χ0) is 24.1. The maximum atomic E-state index is 13.7. The van der Waals surface area contributed by atoms with Crippen LogP contribution in [0.5, 0.6) is 5.75 Å². The lowest BCUT2D eigenvalue weighted by molar-refractivity contribution is -0.140. The predicted octanol–water partition coefficient (Wildman–Crippen LogP) is 3.66. The number of amides is 1. The quantitative estimate of drug-likeness (QED) is 0.628. The van der Waals surface area contributed by atoms with Gasteiger partial charge in [0.2, 0.25) is 5.91 Å². The van der Waals surface area contributed by atoms with E-state index in [1.165, 1.54) is 12.7 Å². The summed E-state index contributed by atoms with van der Waals surface area (Å²) in [6, 6.07) is 15.1. The highest BCUT2D eigenvalue weighted by Gasteiger charge is 2.48. The molecular formula is C27H34N2O5. The fraction of sp³-hybridized carbons (Fsp3) is 0.481. The molecule has 182 valence electrons. The topological polar surface area (TPSA) is 77.1 Å². The molecule has 34 heavy (non-hydrogen) atoms. The highest BCUT2D eigenvalue weighted by molar-refractivity contribution is 5.89. The number of methoxy groups -OCH3 is 1. The van der Waals surface area contributed by atoms with Crippen molar-refractivity contribution in [2.75, 3.05) is 33.4 Å². The Morgan fingerprint density at radius 3 is 2.56 bits per heavy atom. The zero-order valence-electron chi connectivity index (χ0n) is 20.2. The standard InChI is InChI=1S/C27H34N2O5/c1-19-5-4-6-23(17-19)34-24-11-14-29(18-24)27(12-15-33-16-13-27)26(31)28-20(2)21-7-9-22(10-8-21)25(30)32-3/h4-10,17,20,24H,11-16,18H2,1-3H3,(H,28,31)/t20?,24-/m1/s1. The Labute approximate surface area is 201 Å². The Kier molecular flexibility index (Phi) is 7.54. The number of benzene rings is 2. The van der Waals surface area contributed by atoms with Gasteiger partial charge in [-0.2, -0.15) is 0 Å². The van der Waals surface area contributed by atoms with Gasteiger partial charge in [0.05, 0.1) is 18.7 Å². The second-order valence-corrected chi connectivity index (χ2v) is 9.24. The summed E-state index contributed by atoms with van der Waals surface area (Å²) in [4.78, 5) is 27.7. The number of nitrogens with one attached hydrogen (secondary N) is 1. The molecule has 7 heteroatoms. The van der Waals surface area contributed by atoms with Gasteiger partial charge in [-0.05, 0) is 68.5 Å². The van der Waals surface area contributed by atoms with Crippen LogP contribution in [0.25, 0.3) is 0 Å². The third-order valence-electron chi connectivity index (χ3n) is 6.96. The van der Waals surface area contributed by atoms with Crippen molar-refractivity contribution in [2.45, 2.75) is 50.8 Å². The third kappa shape index (κ3) is 5.26. The van der Waals surface area contributed by atoms with E-state index in [4.69, 9.17) is 14.2 Å². The highest BCUT2D eigenvalue weighted by atomic mass is 16.5. The molecule has 0 spiro atoms. The summed E-state index contributed by atoms with van der Waals surface area (Å²) in [5.41, 5.74) is 1.98. The monoisotopic (exact) mass is 466 g/mol. The van der Waals surface area contributed by atoms with E-state index in [1.54, 1.807) is 12.1 Å². The van der Waals surface area contributed by atoms with Gasteiger partial charge in [0.15, 0.2) is 0 Å². The van der Waals surface area contributed by atoms with Gasteiger partial charge in [-0.25, -0.2) is 4.79 Å². The molecule has 0 aromatic heterocycles. The first kappa shape index (κ1) is 24.2. The van der Waals surface area contributed by atoms with Gasteiger partial charge < -0.3 is 19.5 Å². The van der Waals surface area contributed by atoms with Gasteiger partial charge in [0.25, 0.3) is 0 Å². The lowest BCUT2D eigenvalue weighted by atomic mass is 9.86. The van der Waals surface area contributed by atoms with Gasteiger partial charge in [0, 0.05) is 26.3 Å². The molecule has 2 heterocycles. The van der Waals surface area contributed by atoms with Gasteiger partial charge in [-0.3, -0.25) is 9.69 Å². The van der Waals surface area contributed by atoms with E-state index in [1.807, 2.05) is 37.3 Å². The Balaban J connectivity index is 1.44. The van der Waals surface area contributed by atoms with Crippen LogP contribution < -0.4 is 10.1 Å². The molecule has 7 nitrogen and oxygen atoms in total. The van der Waals surface area contributed by atoms with E-state index >= 15 is 0 Å². The Morgan fingerprint density at radius 2 is 1.88 bits per heavy atom. The summed E-state index contributed by atoms with van der Waals surface area (Å²) in [5, 5.41) is 3.23. The Hall–Kier alpha value is -2.90. The fourth-order valence-electron chi connectivity index (χ4n) is 4.93. The first-order chi connectivity index (χ1) is 16.4. The molecule has 2 fully saturated rings. The summed E-state index contributed by atoms with van der Waals surface area (Å²) < 4.78 is 16.6. The number of rotatable bonds is 7. The lowest BCUT2D eigenvalue weighted by Crippen LogP contribution is -2.61. The van der Waals surface area contributed by atoms with E-state index < -0.39 is 5.54 Å². The van der Waals surface area contributed by atoms with Crippen LogP contribution in [0.2, 0.25) is 0 Å². The van der Waals surface area contributed by atoms with Crippen LogP contribution in [0.15, 0.2) is 48.5 Å². The molecule has 2 aromatic carbocycles. The van der Waals surface area contributed by atoms with Crippen LogP contribution in [-0.2, 0) is 14.3 Å². The van der Waals surface area contributed by atoms with Crippen molar-refractivity contribution in [3.05, 3.63) is 65.2 Å². The molecule has 1 unspecified atom stereocenters. The first-order valence-electron chi connectivity index (χ1n) is 12.0. The Morgan fingerprint density at radius 1 is 1.15 bits per heavy atom. The zero-order valence-corrected chi connectivity index (χ0v) is 20.2. The molecule has 2 aliphatic heterocycles. The molecule has 1 N–H and O–H groups in total. The minimum atomic E-state index is -0.608. The predicted molar refractivity (Wildman–Crippen MR) is 129 cm³/mol. The molecule has 0 aliphatic carbocycles. The number of nitrogens with zero attached hydrogens (tertiary/aromatic N) is 1. The summed E-state index contributed by atoms with van der Waals surface area (Å²) >= 11 is 0. The maximum Gasteiger partial charge on any atom is 0.337 e. The first-order valence-corrected chi connectivity index (χ1v) is 12.0. The van der Waals surface area contributed by atoms with Crippen molar-refractivity contribution < 1.29 is 23.8 Å². The molecule has 2 aliphatic rings. The molecule has 0 radical (unpaired) electrons. The average molecular weight is 467 g/mol. The van der Waals surface area contributed by atoms with Crippen molar-refractivity contribution in [3.8, 4) is 5.75 Å². The van der Waals surface area contributed by atoms with Crippen LogP contribution >= 0.6 is 0 Å². The van der Waals surface area contributed by atoms with Crippen LogP contribution in [0.3, 0.4) is 0 Å². The number of likely N-dealkylation sites (tertiary alicyclic amines) is 1. The lowest BCUT2D eigenvalue weighted by Gasteiger charge is -2.43. The summed E-state index contributed by atoms with van der Waals surface area (Å²) in [7, 11) is 1.36. The smallest absolute Gasteiger partial charge is 0.337 e. The van der Waals surface area contributed by atoms with Crippen molar-refractivity contribution >= 4 is 11.9 Å². The van der Waals surface area contributed by atoms with E-state index in [0.29, 0.717) is 38.2 Å². The number of ether oxygens (including phenoxy) is 3. The minimum absolute atomic E-state index is 0.0246. The van der Waals surface area contributed by atoms with E-state index in [2.05, 4.69) is 23.2 Å². The second kappa shape index (κ2) is 10.6. The van der Waals surface area contributed by atoms with Crippen molar-refractivity contribution in [1.29, 1.82) is 0 Å². The number of carbonyl (C=O) groups is 2. The van der Waals surface area contributed by atoms with Crippen LogP contribution in [-0.4, -0.2) is 61.8 Å². The molecule has 2 aromatic rings. The van der Waals surface area contributed by atoms with Gasteiger partial charge in [-0.15, -0.1) is 0 Å². The van der Waals surface area contributed by atoms with E-state index in [9.17, 15) is 9.59 Å². The molecule has 0 saturated carbocycles. The van der Waals surface area contributed by atoms with E-state index in [0.717, 1.165) is 24.3 Å². The maximum absolute atomic E-state index is 13.7. The highest BCUT2D eigenvalue weighted by Crippen LogP contribution is 2.33. The van der Waals surface area contributed by atoms with Crippen LogP contribution in [0.1, 0.15) is 53.7 Å². The fourth-order valence-corrected chi connectivity index (χ4v) is 4.93.